The molecule has 7 rings (SSSR count). The Labute approximate surface area is 312 Å². The number of urea groups is 1. The molecule has 0 bridgehead atoms. The number of likely N-dealkylation sites (tertiary alicyclic amines) is 1. The summed E-state index contributed by atoms with van der Waals surface area (Å²) in [6.45, 7) is 5.85. The zero-order valence-electron chi connectivity index (χ0n) is 30.2. The standard InChI is InChI=1S/C37H44F3N9O4S/c1-24(23-47-13-8-26(9-14-47)27-6-7-31-32(20-27)46(2)45-34(31)49-17-12-33(50)44-36(49)51)18-25-4-3-5-30(19-25)54(52,53)48-15-10-29(11-16-48)43-35-41-21-28(22-42-35)37(38,39)40/h3-7,19-22,24,26,29H,8-18,23H2,1-2H3,(H,41,42,43)(H,44,50,51). The molecule has 13 nitrogen and oxygen atoms in total. The zero-order valence-corrected chi connectivity index (χ0v) is 31.0. The largest absolute Gasteiger partial charge is 0.419 e. The molecular formula is C37H44F3N9O4S. The number of piperidine rings is 2. The summed E-state index contributed by atoms with van der Waals surface area (Å²) < 4.78 is 69.0. The fourth-order valence-electron chi connectivity index (χ4n) is 7.79. The highest BCUT2D eigenvalue weighted by Crippen LogP contribution is 2.34. The first-order valence-electron chi connectivity index (χ1n) is 18.3. The van der Waals surface area contributed by atoms with Crippen LogP contribution in [0, 0.1) is 5.92 Å². The molecule has 1 unspecified atom stereocenters. The molecule has 3 fully saturated rings. The smallest absolute Gasteiger partial charge is 0.351 e. The number of nitrogens with zero attached hydrogens (tertiary/aromatic N) is 7. The van der Waals surface area contributed by atoms with Crippen molar-refractivity contribution in [1.29, 1.82) is 0 Å². The van der Waals surface area contributed by atoms with Crippen LogP contribution in [0.25, 0.3) is 10.9 Å². The van der Waals surface area contributed by atoms with E-state index in [1.807, 2.05) is 19.2 Å². The predicted octanol–water partition coefficient (Wildman–Crippen LogP) is 5.15. The van der Waals surface area contributed by atoms with Crippen molar-refractivity contribution >= 4 is 44.6 Å². The van der Waals surface area contributed by atoms with Gasteiger partial charge in [0, 0.05) is 63.5 Å². The van der Waals surface area contributed by atoms with Gasteiger partial charge in [0.1, 0.15) is 0 Å². The number of benzene rings is 2. The van der Waals surface area contributed by atoms with Crippen molar-refractivity contribution in [3.8, 4) is 0 Å². The van der Waals surface area contributed by atoms with E-state index in [-0.39, 0.29) is 42.3 Å². The van der Waals surface area contributed by atoms with E-state index in [1.165, 1.54) is 14.8 Å². The summed E-state index contributed by atoms with van der Waals surface area (Å²) in [4.78, 5) is 35.9. The molecule has 3 saturated heterocycles. The fraction of sp³-hybridized carbons (Fsp3) is 0.486. The number of aryl methyl sites for hydroxylation is 1. The van der Waals surface area contributed by atoms with Crippen LogP contribution >= 0.6 is 0 Å². The fourth-order valence-corrected chi connectivity index (χ4v) is 9.33. The van der Waals surface area contributed by atoms with Crippen molar-refractivity contribution in [2.75, 3.05) is 49.5 Å². The summed E-state index contributed by atoms with van der Waals surface area (Å²) in [5.74, 6) is 1.07. The zero-order chi connectivity index (χ0) is 38.2. The van der Waals surface area contributed by atoms with Crippen LogP contribution in [0.4, 0.5) is 29.7 Å². The van der Waals surface area contributed by atoms with Crippen LogP contribution < -0.4 is 15.5 Å². The first kappa shape index (κ1) is 37.7. The van der Waals surface area contributed by atoms with Gasteiger partial charge in [0.2, 0.25) is 21.9 Å². The number of anilines is 2. The normalized spacial score (nSPS) is 19.3. The minimum absolute atomic E-state index is 0.0836. The summed E-state index contributed by atoms with van der Waals surface area (Å²) in [5, 5.41) is 10.9. The molecule has 17 heteroatoms. The molecule has 4 aromatic rings. The number of amides is 3. The van der Waals surface area contributed by atoms with Crippen molar-refractivity contribution in [3.63, 3.8) is 0 Å². The van der Waals surface area contributed by atoms with Crippen molar-refractivity contribution in [3.05, 3.63) is 71.5 Å². The number of nitrogens with one attached hydrogen (secondary N) is 2. The molecule has 0 radical (unpaired) electrons. The van der Waals surface area contributed by atoms with E-state index in [0.29, 0.717) is 37.0 Å². The predicted molar refractivity (Wildman–Crippen MR) is 196 cm³/mol. The molecule has 0 aliphatic carbocycles. The monoisotopic (exact) mass is 767 g/mol. The molecular weight excluding hydrogens is 724 g/mol. The molecule has 2 aromatic heterocycles. The molecule has 1 atom stereocenters. The number of imide groups is 1. The number of fused-ring (bicyclic) bond motifs is 1. The van der Waals surface area contributed by atoms with Crippen molar-refractivity contribution in [2.24, 2.45) is 13.0 Å². The van der Waals surface area contributed by atoms with Crippen molar-refractivity contribution in [2.45, 2.75) is 68.5 Å². The number of halogens is 3. The van der Waals surface area contributed by atoms with E-state index in [0.717, 1.165) is 67.8 Å². The molecule has 0 saturated carbocycles. The van der Waals surface area contributed by atoms with E-state index in [2.05, 4.69) is 49.7 Å². The lowest BCUT2D eigenvalue weighted by atomic mass is 9.88. The maximum Gasteiger partial charge on any atom is 0.419 e. The molecule has 5 heterocycles. The van der Waals surface area contributed by atoms with Gasteiger partial charge in [-0.1, -0.05) is 25.1 Å². The summed E-state index contributed by atoms with van der Waals surface area (Å²) in [6, 6.07) is 12.9. The van der Waals surface area contributed by atoms with E-state index >= 15 is 0 Å². The Balaban J connectivity index is 0.894. The Kier molecular flexibility index (Phi) is 10.7. The third kappa shape index (κ3) is 8.22. The quantitative estimate of drug-likeness (QED) is 0.224. The van der Waals surface area contributed by atoms with E-state index < -0.39 is 27.8 Å². The van der Waals surface area contributed by atoms with Crippen LogP contribution in [0.2, 0.25) is 0 Å². The van der Waals surface area contributed by atoms with Crippen LogP contribution in [-0.2, 0) is 34.5 Å². The number of alkyl halides is 3. The van der Waals surface area contributed by atoms with Gasteiger partial charge in [-0.2, -0.15) is 22.6 Å². The number of hydrogen-bond donors (Lipinski definition) is 2. The first-order valence-corrected chi connectivity index (χ1v) is 19.7. The lowest BCUT2D eigenvalue weighted by molar-refractivity contribution is -0.138. The third-order valence-electron chi connectivity index (χ3n) is 10.7. The van der Waals surface area contributed by atoms with Crippen LogP contribution in [0.1, 0.15) is 61.6 Å². The summed E-state index contributed by atoms with van der Waals surface area (Å²) in [5.41, 5.74) is 2.23. The number of carbonyl (C=O) groups is 2. The highest BCUT2D eigenvalue weighted by molar-refractivity contribution is 7.89. The summed E-state index contributed by atoms with van der Waals surface area (Å²) in [6.07, 6.45) is 0.903. The molecule has 3 aliphatic heterocycles. The summed E-state index contributed by atoms with van der Waals surface area (Å²) in [7, 11) is -1.86. The van der Waals surface area contributed by atoms with E-state index in [9.17, 15) is 31.2 Å². The van der Waals surface area contributed by atoms with Crippen LogP contribution in [0.3, 0.4) is 0 Å². The first-order chi connectivity index (χ1) is 25.7. The van der Waals surface area contributed by atoms with Gasteiger partial charge in [-0.3, -0.25) is 19.7 Å². The highest BCUT2D eigenvalue weighted by atomic mass is 32.2. The summed E-state index contributed by atoms with van der Waals surface area (Å²) >= 11 is 0. The molecule has 54 heavy (non-hydrogen) atoms. The molecule has 0 spiro atoms. The number of hydrogen-bond acceptors (Lipinski definition) is 9. The Morgan fingerprint density at radius 3 is 2.37 bits per heavy atom. The number of rotatable bonds is 10. The van der Waals surface area contributed by atoms with Gasteiger partial charge < -0.3 is 10.2 Å². The SMILES string of the molecule is CC(Cc1cccc(S(=O)(=O)N2CCC(Nc3ncc(C(F)(F)F)cn3)CC2)c1)CN1CCC(c2ccc3c(N4CCC(=O)NC4=O)nn(C)c3c2)CC1. The molecule has 3 aliphatic rings. The molecule has 2 aromatic carbocycles. The molecule has 288 valence electrons. The lowest BCUT2D eigenvalue weighted by Gasteiger charge is -2.34. The number of sulfonamides is 1. The average Bonchev–Trinajstić information content (AvgIpc) is 3.47. The van der Waals surface area contributed by atoms with E-state index in [4.69, 9.17) is 0 Å². The number of carbonyl (C=O) groups excluding carboxylic acids is 2. The average molecular weight is 768 g/mol. The Morgan fingerprint density at radius 2 is 1.69 bits per heavy atom. The van der Waals surface area contributed by atoms with Crippen molar-refractivity contribution in [1.82, 2.24) is 34.3 Å². The minimum atomic E-state index is -4.51. The van der Waals surface area contributed by atoms with Gasteiger partial charge in [0.05, 0.1) is 16.0 Å². The number of aromatic nitrogens is 4. The third-order valence-corrected chi connectivity index (χ3v) is 12.6. The Morgan fingerprint density at radius 1 is 0.963 bits per heavy atom. The van der Waals surface area contributed by atoms with Crippen molar-refractivity contribution < 1.29 is 31.2 Å². The van der Waals surface area contributed by atoms with Crippen LogP contribution in [0.5, 0.6) is 0 Å². The van der Waals surface area contributed by atoms with E-state index in [1.54, 1.807) is 22.9 Å². The van der Waals surface area contributed by atoms with Gasteiger partial charge in [-0.25, -0.2) is 23.2 Å². The second-order valence-corrected chi connectivity index (χ2v) is 16.6. The molecule has 2 N–H and O–H groups in total. The van der Waals surface area contributed by atoms with Gasteiger partial charge in [0.25, 0.3) is 0 Å². The Bertz CT molecular complexity index is 2110. The maximum absolute atomic E-state index is 13.6. The lowest BCUT2D eigenvalue weighted by Crippen LogP contribution is -2.49. The van der Waals surface area contributed by atoms with Gasteiger partial charge in [-0.15, -0.1) is 0 Å². The van der Waals surface area contributed by atoms with Gasteiger partial charge >= 0.3 is 12.2 Å². The van der Waals surface area contributed by atoms with Crippen LogP contribution in [-0.4, -0.2) is 94.6 Å². The highest BCUT2D eigenvalue weighted by Gasteiger charge is 2.33. The van der Waals surface area contributed by atoms with Gasteiger partial charge in [-0.05, 0) is 92.4 Å². The van der Waals surface area contributed by atoms with Crippen LogP contribution in [0.15, 0.2) is 59.8 Å². The minimum Gasteiger partial charge on any atom is -0.351 e. The molecule has 3 amide bonds. The second-order valence-electron chi connectivity index (χ2n) is 14.6. The maximum atomic E-state index is 13.6. The second kappa shape index (κ2) is 15.3. The van der Waals surface area contributed by atoms with Gasteiger partial charge in [0.15, 0.2) is 5.82 Å². The Hall–Kier alpha value is -4.61. The topological polar surface area (TPSA) is 146 Å².